The number of Topliss-reactive ketones (excluding diaryl/α,β-unsaturated/α-hetero) is 1. The Morgan fingerprint density at radius 3 is 2.45 bits per heavy atom. The predicted octanol–water partition coefficient (Wildman–Crippen LogP) is 3.69. The van der Waals surface area contributed by atoms with Crippen molar-refractivity contribution in [1.29, 1.82) is 0 Å². The fraction of sp³-hybridized carbons (Fsp3) is 0.474. The molecular formula is C19H27NO2. The van der Waals surface area contributed by atoms with Crippen LogP contribution in [0.15, 0.2) is 43.0 Å². The van der Waals surface area contributed by atoms with Crippen molar-refractivity contribution in [2.24, 2.45) is 5.41 Å². The van der Waals surface area contributed by atoms with Crippen molar-refractivity contribution in [2.45, 2.75) is 52.5 Å². The molecule has 22 heavy (non-hydrogen) atoms. The van der Waals surface area contributed by atoms with Gasteiger partial charge < -0.3 is 5.32 Å². The Kier molecular flexibility index (Phi) is 7.03. The summed E-state index contributed by atoms with van der Waals surface area (Å²) >= 11 is 0. The number of amides is 1. The normalized spacial score (nSPS) is 12.5. The van der Waals surface area contributed by atoms with Crippen LogP contribution in [-0.4, -0.2) is 17.7 Å². The second-order valence-corrected chi connectivity index (χ2v) is 6.39. The zero-order valence-corrected chi connectivity index (χ0v) is 13.9. The number of hydrogen-bond acceptors (Lipinski definition) is 2. The summed E-state index contributed by atoms with van der Waals surface area (Å²) in [5.74, 6) is -0.0770. The number of carbonyl (C=O) groups excluding carboxylic acids is 2. The number of unbranched alkanes of at least 4 members (excludes halogenated alkanes) is 1. The molecule has 1 N–H and O–H groups in total. The van der Waals surface area contributed by atoms with Crippen LogP contribution < -0.4 is 5.32 Å². The minimum atomic E-state index is -0.479. The topological polar surface area (TPSA) is 46.2 Å². The summed E-state index contributed by atoms with van der Waals surface area (Å²) in [7, 11) is 0. The van der Waals surface area contributed by atoms with E-state index < -0.39 is 11.5 Å². The van der Waals surface area contributed by atoms with Gasteiger partial charge in [-0.25, -0.2) is 0 Å². The molecular weight excluding hydrogens is 274 g/mol. The molecule has 0 radical (unpaired) electrons. The molecule has 0 saturated heterocycles. The maximum absolute atomic E-state index is 12.5. The first-order chi connectivity index (χ1) is 10.4. The van der Waals surface area contributed by atoms with Crippen molar-refractivity contribution in [3.63, 3.8) is 0 Å². The Labute approximate surface area is 133 Å². The van der Waals surface area contributed by atoms with E-state index in [2.05, 4.69) is 11.9 Å². The number of allylic oxidation sites excluding steroid dienone is 1. The van der Waals surface area contributed by atoms with Gasteiger partial charge in [0.15, 0.2) is 5.78 Å². The average Bonchev–Trinajstić information content (AvgIpc) is 2.47. The second-order valence-electron chi connectivity index (χ2n) is 6.39. The number of hydrogen-bond donors (Lipinski definition) is 1. The van der Waals surface area contributed by atoms with Crippen molar-refractivity contribution < 1.29 is 9.59 Å². The second kappa shape index (κ2) is 8.52. The van der Waals surface area contributed by atoms with E-state index in [1.165, 1.54) is 6.92 Å². The van der Waals surface area contributed by atoms with Crippen LogP contribution in [0.5, 0.6) is 0 Å². The van der Waals surface area contributed by atoms with Crippen LogP contribution in [-0.2, 0) is 16.0 Å². The lowest BCUT2D eigenvalue weighted by molar-refractivity contribution is -0.133. The average molecular weight is 301 g/mol. The molecule has 0 unspecified atom stereocenters. The molecule has 0 fully saturated rings. The van der Waals surface area contributed by atoms with Crippen molar-refractivity contribution in [3.8, 4) is 0 Å². The molecule has 0 bridgehead atoms. The summed E-state index contributed by atoms with van der Waals surface area (Å²) in [6.07, 6.45) is 5.00. The maximum atomic E-state index is 12.5. The molecule has 0 aliphatic carbocycles. The van der Waals surface area contributed by atoms with Crippen molar-refractivity contribution in [1.82, 2.24) is 5.32 Å². The summed E-state index contributed by atoms with van der Waals surface area (Å²) in [5, 5.41) is 2.92. The minimum absolute atomic E-state index is 0.0147. The monoisotopic (exact) mass is 301 g/mol. The molecule has 0 heterocycles. The van der Waals surface area contributed by atoms with Gasteiger partial charge in [-0.05, 0) is 38.2 Å². The van der Waals surface area contributed by atoms with Crippen LogP contribution in [0.3, 0.4) is 0 Å². The van der Waals surface area contributed by atoms with Crippen LogP contribution in [0.4, 0.5) is 0 Å². The Morgan fingerprint density at radius 2 is 1.91 bits per heavy atom. The highest BCUT2D eigenvalue weighted by molar-refractivity contribution is 5.89. The van der Waals surface area contributed by atoms with Gasteiger partial charge in [-0.2, -0.15) is 0 Å². The number of benzene rings is 1. The van der Waals surface area contributed by atoms with E-state index in [9.17, 15) is 9.59 Å². The van der Waals surface area contributed by atoms with Gasteiger partial charge in [0.1, 0.15) is 0 Å². The Hall–Kier alpha value is -1.90. The molecule has 1 aromatic rings. The van der Waals surface area contributed by atoms with E-state index in [-0.39, 0.29) is 11.7 Å². The Morgan fingerprint density at radius 1 is 1.27 bits per heavy atom. The van der Waals surface area contributed by atoms with E-state index >= 15 is 0 Å². The molecule has 120 valence electrons. The molecule has 0 saturated carbocycles. The lowest BCUT2D eigenvalue weighted by atomic mass is 9.85. The molecule has 1 rings (SSSR count). The number of nitrogens with one attached hydrogen (secondary N) is 1. The lowest BCUT2D eigenvalue weighted by Crippen LogP contribution is -2.47. The van der Waals surface area contributed by atoms with Crippen molar-refractivity contribution in [3.05, 3.63) is 48.6 Å². The fourth-order valence-electron chi connectivity index (χ4n) is 2.30. The number of ketones is 1. The Balaban J connectivity index is 2.67. The van der Waals surface area contributed by atoms with Gasteiger partial charge in [0.25, 0.3) is 0 Å². The summed E-state index contributed by atoms with van der Waals surface area (Å²) in [4.78, 5) is 24.3. The summed E-state index contributed by atoms with van der Waals surface area (Å²) < 4.78 is 0. The SMILES string of the molecule is C=CCCCC(C)(C)C(=O)N[C@@H](Cc1ccccc1)C(C)=O. The summed E-state index contributed by atoms with van der Waals surface area (Å²) in [6, 6.07) is 9.29. The zero-order valence-electron chi connectivity index (χ0n) is 13.9. The number of rotatable bonds is 9. The third-order valence-electron chi connectivity index (χ3n) is 3.90. The predicted molar refractivity (Wildman–Crippen MR) is 90.6 cm³/mol. The third kappa shape index (κ3) is 5.84. The molecule has 0 aliphatic rings. The first kappa shape index (κ1) is 18.1. The maximum Gasteiger partial charge on any atom is 0.226 e. The first-order valence-corrected chi connectivity index (χ1v) is 7.83. The molecule has 1 amide bonds. The van der Waals surface area contributed by atoms with Crippen LogP contribution in [0, 0.1) is 5.41 Å². The van der Waals surface area contributed by atoms with Gasteiger partial charge >= 0.3 is 0 Å². The van der Waals surface area contributed by atoms with Gasteiger partial charge in [-0.1, -0.05) is 50.3 Å². The highest BCUT2D eigenvalue weighted by atomic mass is 16.2. The van der Waals surface area contributed by atoms with Gasteiger partial charge in [0.05, 0.1) is 6.04 Å². The summed E-state index contributed by atoms with van der Waals surface area (Å²) in [5.41, 5.74) is 0.570. The standard InChI is InChI=1S/C19H27NO2/c1-5-6-10-13-19(3,4)18(22)20-17(15(2)21)14-16-11-8-7-9-12-16/h5,7-9,11-12,17H,1,6,10,13-14H2,2-4H3,(H,20,22)/t17-/m0/s1. The van der Waals surface area contributed by atoms with Crippen molar-refractivity contribution in [2.75, 3.05) is 0 Å². The van der Waals surface area contributed by atoms with E-state index in [0.717, 1.165) is 24.8 Å². The van der Waals surface area contributed by atoms with Crippen LogP contribution in [0.1, 0.15) is 45.6 Å². The molecule has 0 aromatic heterocycles. The van der Waals surface area contributed by atoms with Crippen LogP contribution in [0.25, 0.3) is 0 Å². The van der Waals surface area contributed by atoms with Crippen LogP contribution >= 0.6 is 0 Å². The smallest absolute Gasteiger partial charge is 0.226 e. The van der Waals surface area contributed by atoms with Gasteiger partial charge in [0, 0.05) is 5.41 Å². The summed E-state index contributed by atoms with van der Waals surface area (Å²) in [6.45, 7) is 9.07. The van der Waals surface area contributed by atoms with Gasteiger partial charge in [-0.15, -0.1) is 6.58 Å². The van der Waals surface area contributed by atoms with Crippen LogP contribution in [0.2, 0.25) is 0 Å². The largest absolute Gasteiger partial charge is 0.346 e. The van der Waals surface area contributed by atoms with E-state index in [1.54, 1.807) is 0 Å². The molecule has 3 nitrogen and oxygen atoms in total. The van der Waals surface area contributed by atoms with Gasteiger partial charge in [-0.3, -0.25) is 9.59 Å². The van der Waals surface area contributed by atoms with E-state index in [1.807, 2.05) is 50.3 Å². The molecule has 0 spiro atoms. The fourth-order valence-corrected chi connectivity index (χ4v) is 2.30. The molecule has 1 aromatic carbocycles. The lowest BCUT2D eigenvalue weighted by Gasteiger charge is -2.26. The van der Waals surface area contributed by atoms with Crippen molar-refractivity contribution >= 4 is 11.7 Å². The number of carbonyl (C=O) groups is 2. The first-order valence-electron chi connectivity index (χ1n) is 7.83. The van der Waals surface area contributed by atoms with E-state index in [4.69, 9.17) is 0 Å². The highest BCUT2D eigenvalue weighted by Gasteiger charge is 2.29. The highest BCUT2D eigenvalue weighted by Crippen LogP contribution is 2.24. The minimum Gasteiger partial charge on any atom is -0.346 e. The Bertz CT molecular complexity index is 505. The molecule has 1 atom stereocenters. The quantitative estimate of drug-likeness (QED) is 0.558. The third-order valence-corrected chi connectivity index (χ3v) is 3.90. The van der Waals surface area contributed by atoms with Gasteiger partial charge in [0.2, 0.25) is 5.91 Å². The zero-order chi connectivity index (χ0) is 16.6. The van der Waals surface area contributed by atoms with E-state index in [0.29, 0.717) is 6.42 Å². The molecule has 0 aliphatic heterocycles. The molecule has 3 heteroatoms.